The molecule has 0 aromatic heterocycles. The van der Waals surface area contributed by atoms with Crippen LogP contribution in [0.2, 0.25) is 0 Å². The molecule has 0 saturated heterocycles. The van der Waals surface area contributed by atoms with Crippen LogP contribution >= 0.6 is 0 Å². The summed E-state index contributed by atoms with van der Waals surface area (Å²) in [6.45, 7) is 9.59. The number of aryl methyl sites for hydroxylation is 2. The molecule has 1 amide bonds. The van der Waals surface area contributed by atoms with E-state index in [0.29, 0.717) is 0 Å². The highest BCUT2D eigenvalue weighted by Gasteiger charge is 2.25. The van der Waals surface area contributed by atoms with E-state index >= 15 is 0 Å². The summed E-state index contributed by atoms with van der Waals surface area (Å²) in [5.41, 5.74) is 2.85. The van der Waals surface area contributed by atoms with Crippen molar-refractivity contribution in [3.05, 3.63) is 34.9 Å². The molecule has 1 rings (SSSR count). The number of aliphatic carboxylic acids is 1. The molecule has 1 aromatic carbocycles. The number of carboxylic acids is 1. The fraction of sp³-hybridized carbons (Fsp3) is 0.529. The van der Waals surface area contributed by atoms with Gasteiger partial charge in [-0.3, -0.25) is 9.59 Å². The maximum atomic E-state index is 12.1. The molecular weight excluding hydrogens is 266 g/mol. The van der Waals surface area contributed by atoms with Crippen molar-refractivity contribution in [2.45, 2.75) is 53.5 Å². The third kappa shape index (κ3) is 5.98. The third-order valence-corrected chi connectivity index (χ3v) is 3.39. The van der Waals surface area contributed by atoms with Crippen LogP contribution in [-0.2, 0) is 9.59 Å². The van der Waals surface area contributed by atoms with Gasteiger partial charge >= 0.3 is 5.97 Å². The molecule has 0 fully saturated rings. The Morgan fingerprint density at radius 3 is 2.14 bits per heavy atom. The van der Waals surface area contributed by atoms with Crippen molar-refractivity contribution in [3.8, 4) is 0 Å². The molecule has 0 radical (unpaired) electrons. The molecule has 0 spiro atoms. The van der Waals surface area contributed by atoms with Crippen LogP contribution in [0.25, 0.3) is 0 Å². The van der Waals surface area contributed by atoms with Gasteiger partial charge in [0.25, 0.3) is 0 Å². The Kier molecular flexibility index (Phi) is 5.53. The van der Waals surface area contributed by atoms with Gasteiger partial charge in [0.1, 0.15) is 0 Å². The minimum Gasteiger partial charge on any atom is -0.481 e. The highest BCUT2D eigenvalue weighted by molar-refractivity contribution is 5.78. The van der Waals surface area contributed by atoms with Crippen LogP contribution in [0, 0.1) is 19.3 Å². The van der Waals surface area contributed by atoms with Crippen LogP contribution in [0.5, 0.6) is 0 Å². The molecule has 0 aliphatic heterocycles. The fourth-order valence-corrected chi connectivity index (χ4v) is 2.54. The van der Waals surface area contributed by atoms with Crippen molar-refractivity contribution >= 4 is 11.9 Å². The van der Waals surface area contributed by atoms with Crippen LogP contribution < -0.4 is 5.32 Å². The highest BCUT2D eigenvalue weighted by atomic mass is 16.4. The number of carbonyl (C=O) groups excluding carboxylic acids is 1. The van der Waals surface area contributed by atoms with Crippen molar-refractivity contribution in [3.63, 3.8) is 0 Å². The summed E-state index contributed by atoms with van der Waals surface area (Å²) in [6.07, 6.45) is 0.187. The van der Waals surface area contributed by atoms with Gasteiger partial charge in [-0.15, -0.1) is 0 Å². The van der Waals surface area contributed by atoms with Gasteiger partial charge in [-0.05, 0) is 31.7 Å². The number of nitrogens with one attached hydrogen (secondary N) is 1. The zero-order valence-electron chi connectivity index (χ0n) is 13.5. The second-order valence-corrected chi connectivity index (χ2v) is 6.62. The number of carboxylic acid groups (broad SMARTS) is 1. The lowest BCUT2D eigenvalue weighted by molar-refractivity contribution is -0.139. The molecule has 1 aromatic rings. The molecule has 4 heteroatoms. The monoisotopic (exact) mass is 291 g/mol. The Labute approximate surface area is 126 Å². The van der Waals surface area contributed by atoms with Crippen molar-refractivity contribution in [1.82, 2.24) is 5.32 Å². The first-order valence-electron chi connectivity index (χ1n) is 7.18. The van der Waals surface area contributed by atoms with Gasteiger partial charge in [0.2, 0.25) is 5.91 Å². The number of benzene rings is 1. The van der Waals surface area contributed by atoms with Crippen LogP contribution in [0.1, 0.15) is 56.3 Å². The van der Waals surface area contributed by atoms with E-state index in [-0.39, 0.29) is 24.8 Å². The zero-order chi connectivity index (χ0) is 16.2. The van der Waals surface area contributed by atoms with Gasteiger partial charge < -0.3 is 10.4 Å². The van der Waals surface area contributed by atoms with Crippen molar-refractivity contribution in [1.29, 1.82) is 0 Å². The van der Waals surface area contributed by atoms with Crippen LogP contribution in [0.4, 0.5) is 0 Å². The van der Waals surface area contributed by atoms with E-state index in [1.807, 2.05) is 20.8 Å². The molecule has 1 atom stereocenters. The molecular formula is C17H25NO3. The van der Waals surface area contributed by atoms with Gasteiger partial charge in [0.05, 0.1) is 12.5 Å². The Balaban J connectivity index is 2.67. The maximum Gasteiger partial charge on any atom is 0.303 e. The smallest absolute Gasteiger partial charge is 0.303 e. The number of amides is 1. The average molecular weight is 291 g/mol. The summed E-state index contributed by atoms with van der Waals surface area (Å²) in [7, 11) is 0. The summed E-state index contributed by atoms with van der Waals surface area (Å²) in [5.74, 6) is -0.997. The minimum absolute atomic E-state index is 0.0155. The first kappa shape index (κ1) is 17.2. The van der Waals surface area contributed by atoms with E-state index in [1.165, 1.54) is 0 Å². The molecule has 21 heavy (non-hydrogen) atoms. The Hall–Kier alpha value is -1.84. The van der Waals surface area contributed by atoms with Crippen molar-refractivity contribution in [2.75, 3.05) is 0 Å². The lowest BCUT2D eigenvalue weighted by Crippen LogP contribution is -2.32. The van der Waals surface area contributed by atoms with E-state index in [2.05, 4.69) is 23.5 Å². The van der Waals surface area contributed by atoms with Gasteiger partial charge in [0.15, 0.2) is 0 Å². The molecule has 0 aliphatic carbocycles. The van der Waals surface area contributed by atoms with E-state index in [4.69, 9.17) is 5.11 Å². The summed E-state index contributed by atoms with van der Waals surface area (Å²) in [5, 5.41) is 11.8. The predicted octanol–water partition coefficient (Wildman–Crippen LogP) is 3.37. The topological polar surface area (TPSA) is 66.4 Å². The number of rotatable bonds is 6. The number of carbonyl (C=O) groups is 2. The molecule has 0 aliphatic rings. The molecule has 116 valence electrons. The SMILES string of the molecule is Cc1cc(C)cc(C(C)NC(=O)CC(C)(C)CC(=O)O)c1. The zero-order valence-corrected chi connectivity index (χ0v) is 13.5. The van der Waals surface area contributed by atoms with Gasteiger partial charge in [-0.2, -0.15) is 0 Å². The van der Waals surface area contributed by atoms with E-state index in [1.54, 1.807) is 13.8 Å². The van der Waals surface area contributed by atoms with Crippen LogP contribution in [0.15, 0.2) is 18.2 Å². The minimum atomic E-state index is -0.879. The summed E-state index contributed by atoms with van der Waals surface area (Å²) >= 11 is 0. The Morgan fingerprint density at radius 1 is 1.14 bits per heavy atom. The molecule has 0 bridgehead atoms. The number of hydrogen-bond donors (Lipinski definition) is 2. The molecule has 0 saturated carbocycles. The highest BCUT2D eigenvalue weighted by Crippen LogP contribution is 2.25. The van der Waals surface area contributed by atoms with E-state index in [9.17, 15) is 9.59 Å². The van der Waals surface area contributed by atoms with E-state index < -0.39 is 11.4 Å². The average Bonchev–Trinajstić information content (AvgIpc) is 2.23. The Bertz CT molecular complexity index is 515. The molecule has 0 heterocycles. The summed E-state index contributed by atoms with van der Waals surface area (Å²) in [4.78, 5) is 22.9. The van der Waals surface area contributed by atoms with Crippen LogP contribution in [0.3, 0.4) is 0 Å². The molecule has 1 unspecified atom stereocenters. The van der Waals surface area contributed by atoms with Crippen LogP contribution in [-0.4, -0.2) is 17.0 Å². The molecule has 2 N–H and O–H groups in total. The van der Waals surface area contributed by atoms with Gasteiger partial charge in [0, 0.05) is 6.42 Å². The third-order valence-electron chi connectivity index (χ3n) is 3.39. The van der Waals surface area contributed by atoms with E-state index in [0.717, 1.165) is 16.7 Å². The van der Waals surface area contributed by atoms with Gasteiger partial charge in [-0.1, -0.05) is 43.2 Å². The second kappa shape index (κ2) is 6.74. The van der Waals surface area contributed by atoms with Crippen molar-refractivity contribution < 1.29 is 14.7 Å². The predicted molar refractivity (Wildman–Crippen MR) is 83.1 cm³/mol. The quantitative estimate of drug-likeness (QED) is 0.844. The first-order valence-corrected chi connectivity index (χ1v) is 7.18. The summed E-state index contributed by atoms with van der Waals surface area (Å²) < 4.78 is 0. The number of hydrogen-bond acceptors (Lipinski definition) is 2. The van der Waals surface area contributed by atoms with Crippen molar-refractivity contribution in [2.24, 2.45) is 5.41 Å². The largest absolute Gasteiger partial charge is 0.481 e. The normalized spacial score (nSPS) is 12.8. The summed E-state index contributed by atoms with van der Waals surface area (Å²) in [6, 6.07) is 6.12. The van der Waals surface area contributed by atoms with Gasteiger partial charge in [-0.25, -0.2) is 0 Å². The lowest BCUT2D eigenvalue weighted by atomic mass is 9.85. The second-order valence-electron chi connectivity index (χ2n) is 6.62. The molecule has 4 nitrogen and oxygen atoms in total. The Morgan fingerprint density at radius 2 is 1.67 bits per heavy atom. The fourth-order valence-electron chi connectivity index (χ4n) is 2.54. The standard InChI is InChI=1S/C17H25NO3/c1-11-6-12(2)8-14(7-11)13(3)18-15(19)9-17(4,5)10-16(20)21/h6-8,13H,9-10H2,1-5H3,(H,18,19)(H,20,21). The lowest BCUT2D eigenvalue weighted by Gasteiger charge is -2.23. The first-order chi connectivity index (χ1) is 9.59. The maximum absolute atomic E-state index is 12.1.